The van der Waals surface area contributed by atoms with E-state index in [4.69, 9.17) is 12.2 Å². The number of unbranched alkanes of at least 4 members (excludes halogenated alkanes) is 1. The number of nitrogens with zero attached hydrogens (tertiary/aromatic N) is 1. The molecule has 0 bridgehead atoms. The third-order valence-electron chi connectivity index (χ3n) is 4.65. The summed E-state index contributed by atoms with van der Waals surface area (Å²) < 4.78 is 0.630. The molecule has 0 aromatic heterocycles. The summed E-state index contributed by atoms with van der Waals surface area (Å²) in [7, 11) is 0. The number of rotatable bonds is 4. The maximum atomic E-state index is 12.8. The predicted molar refractivity (Wildman–Crippen MR) is 120 cm³/mol. The first-order valence-corrected chi connectivity index (χ1v) is 10.7. The summed E-state index contributed by atoms with van der Waals surface area (Å²) in [5.41, 5.74) is 2.31. The molecule has 0 aliphatic carbocycles. The quantitative estimate of drug-likeness (QED) is 0.493. The second-order valence-corrected chi connectivity index (χ2v) is 10.8. The zero-order valence-corrected chi connectivity index (χ0v) is 19.1. The molecule has 1 heterocycles. The number of phenolic OH excluding ortho intramolecular Hbond substituents is 1. The first-order valence-electron chi connectivity index (χ1n) is 9.49. The van der Waals surface area contributed by atoms with Gasteiger partial charge in [0.25, 0.3) is 5.91 Å². The minimum absolute atomic E-state index is 0.0128. The Labute approximate surface area is 173 Å². The summed E-state index contributed by atoms with van der Waals surface area (Å²) in [4.78, 5) is 15.1. The third-order valence-corrected chi connectivity index (χ3v) is 6.03. The van der Waals surface area contributed by atoms with Gasteiger partial charge >= 0.3 is 0 Å². The van der Waals surface area contributed by atoms with Gasteiger partial charge in [0.2, 0.25) is 0 Å². The van der Waals surface area contributed by atoms with Crippen LogP contribution in [0.15, 0.2) is 17.0 Å². The molecule has 3 nitrogen and oxygen atoms in total. The molecule has 148 valence electrons. The summed E-state index contributed by atoms with van der Waals surface area (Å²) in [6.07, 6.45) is 3.88. The molecule has 1 aliphatic rings. The minimum atomic E-state index is -0.201. The summed E-state index contributed by atoms with van der Waals surface area (Å²) in [5.74, 6) is 0.337. The van der Waals surface area contributed by atoms with Crippen molar-refractivity contribution in [3.63, 3.8) is 0 Å². The van der Waals surface area contributed by atoms with E-state index in [1.807, 2.05) is 18.2 Å². The van der Waals surface area contributed by atoms with Gasteiger partial charge in [-0.1, -0.05) is 78.9 Å². The number of thiocarbonyl (C=S) groups is 1. The Balaban J connectivity index is 2.52. The Morgan fingerprint density at radius 3 is 2.07 bits per heavy atom. The van der Waals surface area contributed by atoms with Crippen molar-refractivity contribution in [3.8, 4) is 5.75 Å². The smallest absolute Gasteiger partial charge is 0.266 e. The zero-order valence-electron chi connectivity index (χ0n) is 17.5. The molecule has 1 N–H and O–H groups in total. The van der Waals surface area contributed by atoms with Gasteiger partial charge in [0.1, 0.15) is 10.1 Å². The number of carbonyl (C=O) groups excluding carboxylic acids is 1. The molecule has 0 unspecified atom stereocenters. The molecule has 1 fully saturated rings. The molecule has 1 aromatic carbocycles. The van der Waals surface area contributed by atoms with Crippen LogP contribution in [-0.4, -0.2) is 26.8 Å². The van der Waals surface area contributed by atoms with E-state index in [2.05, 4.69) is 48.5 Å². The van der Waals surface area contributed by atoms with Gasteiger partial charge in [-0.25, -0.2) is 0 Å². The van der Waals surface area contributed by atoms with E-state index in [-0.39, 0.29) is 16.7 Å². The van der Waals surface area contributed by atoms with Crippen LogP contribution in [0.2, 0.25) is 0 Å². The van der Waals surface area contributed by atoms with Gasteiger partial charge in [-0.2, -0.15) is 0 Å². The van der Waals surface area contributed by atoms with Crippen LogP contribution in [0.3, 0.4) is 0 Å². The molecule has 1 amide bonds. The van der Waals surface area contributed by atoms with Crippen molar-refractivity contribution in [2.75, 3.05) is 6.54 Å². The molecule has 1 saturated heterocycles. The number of hydrogen-bond donors (Lipinski definition) is 1. The second-order valence-electron chi connectivity index (χ2n) is 9.15. The van der Waals surface area contributed by atoms with Crippen LogP contribution in [0.25, 0.3) is 6.08 Å². The lowest BCUT2D eigenvalue weighted by Gasteiger charge is -2.28. The topological polar surface area (TPSA) is 40.5 Å². The largest absolute Gasteiger partial charge is 0.507 e. The van der Waals surface area contributed by atoms with Gasteiger partial charge in [-0.15, -0.1) is 0 Å². The number of amides is 1. The monoisotopic (exact) mass is 405 g/mol. The molecule has 2 rings (SSSR count). The highest BCUT2D eigenvalue weighted by atomic mass is 32.2. The minimum Gasteiger partial charge on any atom is -0.507 e. The molecule has 0 spiro atoms. The predicted octanol–water partition coefficient (Wildman–Crippen LogP) is 5.99. The van der Waals surface area contributed by atoms with Crippen LogP contribution >= 0.6 is 24.0 Å². The van der Waals surface area contributed by atoms with E-state index in [0.29, 0.717) is 21.5 Å². The Bertz CT molecular complexity index is 747. The van der Waals surface area contributed by atoms with Gasteiger partial charge in [-0.3, -0.25) is 9.69 Å². The van der Waals surface area contributed by atoms with Crippen molar-refractivity contribution in [1.82, 2.24) is 4.90 Å². The van der Waals surface area contributed by atoms with Crippen molar-refractivity contribution < 1.29 is 9.90 Å². The second kappa shape index (κ2) is 7.96. The first-order chi connectivity index (χ1) is 12.4. The summed E-state index contributed by atoms with van der Waals surface area (Å²) in [6.45, 7) is 15.3. The zero-order chi connectivity index (χ0) is 20.6. The fraction of sp³-hybridized carbons (Fsp3) is 0.545. The lowest BCUT2D eigenvalue weighted by atomic mass is 9.78. The van der Waals surface area contributed by atoms with E-state index in [0.717, 1.165) is 29.5 Å². The molecule has 0 atom stereocenters. The third kappa shape index (κ3) is 4.94. The number of phenols is 1. The van der Waals surface area contributed by atoms with Crippen molar-refractivity contribution in [2.24, 2.45) is 0 Å². The van der Waals surface area contributed by atoms with Crippen molar-refractivity contribution >= 4 is 40.3 Å². The lowest BCUT2D eigenvalue weighted by molar-refractivity contribution is -0.122. The number of carbonyl (C=O) groups is 1. The van der Waals surface area contributed by atoms with Crippen LogP contribution in [-0.2, 0) is 15.6 Å². The van der Waals surface area contributed by atoms with E-state index in [1.54, 1.807) is 4.90 Å². The molecule has 1 aliphatic heterocycles. The molecule has 5 heteroatoms. The molecule has 0 saturated carbocycles. The van der Waals surface area contributed by atoms with E-state index < -0.39 is 0 Å². The van der Waals surface area contributed by atoms with Crippen LogP contribution in [0.5, 0.6) is 5.75 Å². The van der Waals surface area contributed by atoms with Crippen LogP contribution in [0.1, 0.15) is 78.0 Å². The number of benzene rings is 1. The van der Waals surface area contributed by atoms with Gasteiger partial charge in [0, 0.05) is 17.7 Å². The van der Waals surface area contributed by atoms with Crippen LogP contribution in [0, 0.1) is 0 Å². The normalized spacial score (nSPS) is 17.3. The number of thioether (sulfide) groups is 1. The fourth-order valence-electron chi connectivity index (χ4n) is 3.04. The molecule has 27 heavy (non-hydrogen) atoms. The van der Waals surface area contributed by atoms with Crippen molar-refractivity contribution in [3.05, 3.63) is 33.7 Å². The molecular formula is C22H31NO2S2. The number of aromatic hydroxyl groups is 1. The summed E-state index contributed by atoms with van der Waals surface area (Å²) in [5, 5.41) is 10.9. The fourth-order valence-corrected chi connectivity index (χ4v) is 4.35. The summed E-state index contributed by atoms with van der Waals surface area (Å²) >= 11 is 6.77. The van der Waals surface area contributed by atoms with Gasteiger partial charge < -0.3 is 5.11 Å². The number of hydrogen-bond acceptors (Lipinski definition) is 4. The Kier molecular flexibility index (Phi) is 6.48. The maximum absolute atomic E-state index is 12.8. The van der Waals surface area contributed by atoms with Crippen molar-refractivity contribution in [2.45, 2.75) is 72.1 Å². The molecule has 0 radical (unpaired) electrons. The van der Waals surface area contributed by atoms with Gasteiger partial charge in [0.05, 0.1) is 4.91 Å². The summed E-state index contributed by atoms with van der Waals surface area (Å²) in [6, 6.07) is 3.98. The Morgan fingerprint density at radius 1 is 1.11 bits per heavy atom. The Hall–Kier alpha value is -1.33. The van der Waals surface area contributed by atoms with Crippen LogP contribution in [0.4, 0.5) is 0 Å². The highest BCUT2D eigenvalue weighted by Gasteiger charge is 2.32. The first kappa shape index (κ1) is 22.0. The highest BCUT2D eigenvalue weighted by Crippen LogP contribution is 2.41. The molecule has 1 aromatic rings. The highest BCUT2D eigenvalue weighted by molar-refractivity contribution is 8.26. The average molecular weight is 406 g/mol. The van der Waals surface area contributed by atoms with E-state index >= 15 is 0 Å². The lowest BCUT2D eigenvalue weighted by Crippen LogP contribution is -2.28. The molecular weight excluding hydrogens is 374 g/mol. The average Bonchev–Trinajstić information content (AvgIpc) is 2.78. The van der Waals surface area contributed by atoms with Gasteiger partial charge in [-0.05, 0) is 41.0 Å². The van der Waals surface area contributed by atoms with E-state index in [9.17, 15) is 9.90 Å². The standard InChI is InChI=1S/C22H31NO2S2/c1-8-9-10-23-19(25)17(27-20(23)26)13-14-11-15(21(2,3)4)18(24)16(12-14)22(5,6)7/h11-13,24H,8-10H2,1-7H3/b17-13+. The van der Waals surface area contributed by atoms with E-state index in [1.165, 1.54) is 11.8 Å². The van der Waals surface area contributed by atoms with Crippen LogP contribution < -0.4 is 0 Å². The Morgan fingerprint density at radius 2 is 1.63 bits per heavy atom. The van der Waals surface area contributed by atoms with Crippen molar-refractivity contribution in [1.29, 1.82) is 0 Å². The van der Waals surface area contributed by atoms with Gasteiger partial charge in [0.15, 0.2) is 0 Å². The SMILES string of the molecule is CCCCN1C(=O)/C(=C\c2cc(C(C)(C)C)c(O)c(C(C)(C)C)c2)SC1=S. The maximum Gasteiger partial charge on any atom is 0.266 e.